The predicted octanol–water partition coefficient (Wildman–Crippen LogP) is 1.33. The highest BCUT2D eigenvalue weighted by Crippen LogP contribution is 2.21. The van der Waals surface area contributed by atoms with Crippen molar-refractivity contribution in [1.29, 1.82) is 0 Å². The van der Waals surface area contributed by atoms with Gasteiger partial charge in [0.15, 0.2) is 0 Å². The summed E-state index contributed by atoms with van der Waals surface area (Å²) in [4.78, 5) is 60.5. The molecule has 0 fully saturated rings. The number of nitrogens with two attached hydrogens (primary N) is 1. The van der Waals surface area contributed by atoms with Crippen LogP contribution in [0.25, 0.3) is 0 Å². The van der Waals surface area contributed by atoms with Gasteiger partial charge in [-0.05, 0) is 44.5 Å². The summed E-state index contributed by atoms with van der Waals surface area (Å²) in [5.74, 6) is -2.93. The second-order valence-electron chi connectivity index (χ2n) is 6.91. The zero-order valence-corrected chi connectivity index (χ0v) is 21.7. The second kappa shape index (κ2) is 16.1. The highest BCUT2D eigenvalue weighted by Gasteiger charge is 2.25. The van der Waals surface area contributed by atoms with Crippen molar-refractivity contribution in [2.24, 2.45) is 5.73 Å². The summed E-state index contributed by atoms with van der Waals surface area (Å²) < 4.78 is 10.3. The van der Waals surface area contributed by atoms with Gasteiger partial charge in [-0.25, -0.2) is 0 Å². The highest BCUT2D eigenvalue weighted by atomic mass is 79.9. The van der Waals surface area contributed by atoms with Crippen LogP contribution in [0.3, 0.4) is 0 Å². The Morgan fingerprint density at radius 3 is 2.34 bits per heavy atom. The van der Waals surface area contributed by atoms with E-state index in [1.807, 2.05) is 0 Å². The summed E-state index contributed by atoms with van der Waals surface area (Å²) in [7, 11) is 0. The lowest BCUT2D eigenvalue weighted by molar-refractivity contribution is -0.145. The lowest BCUT2D eigenvalue weighted by atomic mass is 10.1. The van der Waals surface area contributed by atoms with Crippen LogP contribution in [0.2, 0.25) is 0 Å². The molecule has 0 bridgehead atoms. The van der Waals surface area contributed by atoms with Crippen LogP contribution in [0, 0.1) is 0 Å². The molecule has 14 heteroatoms. The van der Waals surface area contributed by atoms with Crippen molar-refractivity contribution in [1.82, 2.24) is 10.6 Å². The first kappa shape index (κ1) is 30.4. The number of benzene rings is 1. The van der Waals surface area contributed by atoms with Gasteiger partial charge < -0.3 is 25.8 Å². The van der Waals surface area contributed by atoms with E-state index in [1.165, 1.54) is 12.1 Å². The largest absolute Gasteiger partial charge is 0.465 e. The lowest BCUT2D eigenvalue weighted by Crippen LogP contribution is -2.50. The normalized spacial score (nSPS) is 12.1. The van der Waals surface area contributed by atoms with Crippen molar-refractivity contribution in [2.45, 2.75) is 38.8 Å². The highest BCUT2D eigenvalue weighted by molar-refractivity contribution is 9.10. The number of halogens is 1. The number of anilines is 1. The van der Waals surface area contributed by atoms with Gasteiger partial charge in [0.25, 0.3) is 0 Å². The van der Waals surface area contributed by atoms with Crippen LogP contribution in [-0.2, 0) is 28.7 Å². The van der Waals surface area contributed by atoms with Crippen LogP contribution in [-0.4, -0.2) is 71.8 Å². The van der Waals surface area contributed by atoms with Gasteiger partial charge in [-0.2, -0.15) is 5.06 Å². The Balaban J connectivity index is 2.76. The average Bonchev–Trinajstić information content (AvgIpc) is 2.83. The summed E-state index contributed by atoms with van der Waals surface area (Å²) in [6, 6.07) is 4.01. The van der Waals surface area contributed by atoms with Gasteiger partial charge in [-0.15, -0.1) is 0 Å². The zero-order valence-electron chi connectivity index (χ0n) is 19.3. The van der Waals surface area contributed by atoms with Crippen molar-refractivity contribution in [2.75, 3.05) is 30.6 Å². The number of hydrogen-bond acceptors (Lipinski definition) is 10. The molecular weight excluding hydrogens is 548 g/mol. The molecule has 0 radical (unpaired) electrons. The Labute approximate surface area is 215 Å². The first-order valence-electron chi connectivity index (χ1n) is 10.6. The monoisotopic (exact) mass is 576 g/mol. The Bertz CT molecular complexity index is 887. The number of amides is 3. The molecule has 0 saturated carbocycles. The molecule has 0 heterocycles. The van der Waals surface area contributed by atoms with Crippen LogP contribution in [0.4, 0.5) is 10.5 Å². The van der Waals surface area contributed by atoms with E-state index >= 15 is 0 Å². The minimum absolute atomic E-state index is 0.0259. The number of rotatable bonds is 13. The fourth-order valence-electron chi connectivity index (χ4n) is 2.50. The summed E-state index contributed by atoms with van der Waals surface area (Å²) in [6.45, 7) is 3.08. The lowest BCUT2D eigenvalue weighted by Gasteiger charge is -2.20. The van der Waals surface area contributed by atoms with Gasteiger partial charge in [-0.3, -0.25) is 29.2 Å². The maximum Gasteiger partial charge on any atom is 0.325 e. The van der Waals surface area contributed by atoms with Crippen molar-refractivity contribution < 1.29 is 38.7 Å². The number of carbonyl (C=O) groups excluding carboxylic acids is 5. The topological polar surface area (TPSA) is 177 Å². The van der Waals surface area contributed by atoms with Gasteiger partial charge in [0.05, 0.1) is 18.9 Å². The number of carbonyl (C=O) groups is 5. The Morgan fingerprint density at radius 2 is 1.74 bits per heavy atom. The number of hydrogen-bond donors (Lipinski definition) is 4. The van der Waals surface area contributed by atoms with E-state index in [1.54, 1.807) is 26.0 Å². The summed E-state index contributed by atoms with van der Waals surface area (Å²) in [6.07, 6.45) is -0.215. The van der Waals surface area contributed by atoms with Crippen molar-refractivity contribution in [3.05, 3.63) is 28.7 Å². The zero-order chi connectivity index (χ0) is 26.4. The van der Waals surface area contributed by atoms with Gasteiger partial charge in [-0.1, -0.05) is 27.7 Å². The van der Waals surface area contributed by atoms with Gasteiger partial charge in [0.1, 0.15) is 18.6 Å². The molecule has 0 aliphatic rings. The molecule has 0 unspecified atom stereocenters. The van der Waals surface area contributed by atoms with Crippen LogP contribution in [0.15, 0.2) is 28.7 Å². The van der Waals surface area contributed by atoms with Crippen LogP contribution < -0.4 is 21.4 Å². The first-order valence-corrected chi connectivity index (χ1v) is 12.4. The average molecular weight is 577 g/mol. The number of ether oxygens (including phenoxy) is 2. The van der Waals surface area contributed by atoms with Gasteiger partial charge >= 0.3 is 17.2 Å². The third-order valence-corrected chi connectivity index (χ3v) is 5.70. The molecule has 1 aromatic carbocycles. The standard InChI is InChI=1S/C21H29BrN4O8S/c1-3-33-18(28)11-24-19(29)16(25-17(27)10-9-15(23)20(30)34-4-2)12-35-21(31)26(32)14-7-5-13(22)6-8-14/h5-8,15-16,32H,3-4,9-12,23H2,1-2H3,(H,24,29)(H,25,27)/t15-,16-/m0/s1. The molecule has 0 spiro atoms. The van der Waals surface area contributed by atoms with E-state index < -0.39 is 47.6 Å². The minimum Gasteiger partial charge on any atom is -0.465 e. The molecule has 1 aromatic rings. The molecule has 194 valence electrons. The van der Waals surface area contributed by atoms with Gasteiger partial charge in [0.2, 0.25) is 11.8 Å². The Kier molecular flexibility index (Phi) is 13.9. The molecule has 0 aromatic heterocycles. The maximum absolute atomic E-state index is 12.6. The third kappa shape index (κ3) is 11.5. The fraction of sp³-hybridized carbons (Fsp3) is 0.476. The number of esters is 2. The number of nitrogens with one attached hydrogen (secondary N) is 2. The van der Waals surface area contributed by atoms with E-state index in [9.17, 15) is 29.2 Å². The molecule has 12 nitrogen and oxygen atoms in total. The van der Waals surface area contributed by atoms with Crippen LogP contribution in [0.5, 0.6) is 0 Å². The second-order valence-corrected chi connectivity index (χ2v) is 8.79. The van der Waals surface area contributed by atoms with E-state index in [0.717, 1.165) is 4.47 Å². The Morgan fingerprint density at radius 1 is 1.11 bits per heavy atom. The number of hydroxylamine groups is 1. The van der Waals surface area contributed by atoms with E-state index in [0.29, 0.717) is 16.8 Å². The molecule has 5 N–H and O–H groups in total. The summed E-state index contributed by atoms with van der Waals surface area (Å²) in [5.41, 5.74) is 5.88. The SMILES string of the molecule is CCOC(=O)CNC(=O)[C@H](CSC(=O)N(O)c1ccc(Br)cc1)NC(=O)CC[C@H](N)C(=O)OCC. The minimum atomic E-state index is -1.23. The molecule has 1 rings (SSSR count). The molecule has 0 saturated heterocycles. The number of thioether (sulfide) groups is 1. The van der Waals surface area contributed by atoms with E-state index in [2.05, 4.69) is 26.6 Å². The first-order chi connectivity index (χ1) is 16.6. The summed E-state index contributed by atoms with van der Waals surface area (Å²) in [5, 5.41) is 14.5. The van der Waals surface area contributed by atoms with Crippen molar-refractivity contribution in [3.63, 3.8) is 0 Å². The summed E-state index contributed by atoms with van der Waals surface area (Å²) >= 11 is 3.83. The molecule has 0 aliphatic heterocycles. The quantitative estimate of drug-likeness (QED) is 0.152. The number of nitrogens with zero attached hydrogens (tertiary/aromatic N) is 1. The van der Waals surface area contributed by atoms with E-state index in [4.69, 9.17) is 15.2 Å². The predicted molar refractivity (Wildman–Crippen MR) is 132 cm³/mol. The Hall–Kier alpha value is -2.68. The van der Waals surface area contributed by atoms with Crippen LogP contribution >= 0.6 is 27.7 Å². The maximum atomic E-state index is 12.6. The van der Waals surface area contributed by atoms with Crippen molar-refractivity contribution >= 4 is 62.4 Å². The smallest absolute Gasteiger partial charge is 0.325 e. The molecule has 0 aliphatic carbocycles. The molecular formula is C21H29BrN4O8S. The van der Waals surface area contributed by atoms with Crippen molar-refractivity contribution in [3.8, 4) is 0 Å². The molecule has 35 heavy (non-hydrogen) atoms. The van der Waals surface area contributed by atoms with Crippen LogP contribution in [0.1, 0.15) is 26.7 Å². The van der Waals surface area contributed by atoms with E-state index in [-0.39, 0.29) is 37.5 Å². The molecule has 2 atom stereocenters. The van der Waals surface area contributed by atoms with Gasteiger partial charge in [0, 0.05) is 16.6 Å². The fourth-order valence-corrected chi connectivity index (χ4v) is 3.54. The third-order valence-electron chi connectivity index (χ3n) is 4.25. The molecule has 3 amide bonds.